The number of hydrogen-bond donors (Lipinski definition) is 1. The van der Waals surface area contributed by atoms with E-state index in [-0.39, 0.29) is 5.91 Å². The molecular formula is C16H14IN3O. The van der Waals surface area contributed by atoms with Crippen LogP contribution >= 0.6 is 22.6 Å². The molecule has 0 fully saturated rings. The van der Waals surface area contributed by atoms with Crippen LogP contribution in [0.1, 0.15) is 21.6 Å². The van der Waals surface area contributed by atoms with Crippen molar-refractivity contribution in [1.82, 2.24) is 14.7 Å². The molecular weight excluding hydrogens is 377 g/mol. The Balaban J connectivity index is 1.72. The summed E-state index contributed by atoms with van der Waals surface area (Å²) in [7, 11) is 0. The molecule has 0 unspecified atom stereocenters. The second-order valence-corrected chi connectivity index (χ2v) is 6.09. The first-order valence-electron chi connectivity index (χ1n) is 6.60. The lowest BCUT2D eigenvalue weighted by atomic mass is 10.2. The highest BCUT2D eigenvalue weighted by Crippen LogP contribution is 2.10. The van der Waals surface area contributed by atoms with Gasteiger partial charge in [0.25, 0.3) is 5.91 Å². The predicted octanol–water partition coefficient (Wildman–Crippen LogP) is 3.18. The summed E-state index contributed by atoms with van der Waals surface area (Å²) in [6, 6.07) is 11.5. The standard InChI is InChI=1S/C16H14IN3O/c1-11-3-2-8-20-10-14(19-15(11)20)9-18-16(21)12-4-6-13(17)7-5-12/h2-8,10H,9H2,1H3,(H,18,21). The number of amides is 1. The van der Waals surface area contributed by atoms with E-state index in [1.165, 1.54) is 0 Å². The fourth-order valence-corrected chi connectivity index (χ4v) is 2.52. The third-order valence-electron chi connectivity index (χ3n) is 3.26. The van der Waals surface area contributed by atoms with Gasteiger partial charge in [0, 0.05) is 21.5 Å². The topological polar surface area (TPSA) is 46.4 Å². The van der Waals surface area contributed by atoms with Gasteiger partial charge in [0.05, 0.1) is 12.2 Å². The molecule has 4 nitrogen and oxygen atoms in total. The lowest BCUT2D eigenvalue weighted by molar-refractivity contribution is 0.0950. The third kappa shape index (κ3) is 3.07. The van der Waals surface area contributed by atoms with Gasteiger partial charge in [-0.25, -0.2) is 4.98 Å². The van der Waals surface area contributed by atoms with E-state index in [9.17, 15) is 4.79 Å². The number of benzene rings is 1. The molecule has 3 rings (SSSR count). The number of aryl methyl sites for hydroxylation is 1. The van der Waals surface area contributed by atoms with Crippen LogP contribution in [-0.2, 0) is 6.54 Å². The zero-order valence-corrected chi connectivity index (χ0v) is 13.7. The first-order chi connectivity index (χ1) is 10.1. The van der Waals surface area contributed by atoms with Crippen LogP contribution in [0.15, 0.2) is 48.8 Å². The van der Waals surface area contributed by atoms with Crippen LogP contribution in [-0.4, -0.2) is 15.3 Å². The molecule has 5 heteroatoms. The molecule has 0 aliphatic heterocycles. The smallest absolute Gasteiger partial charge is 0.251 e. The van der Waals surface area contributed by atoms with Gasteiger partial charge in [-0.3, -0.25) is 4.79 Å². The average Bonchev–Trinajstić information content (AvgIpc) is 2.90. The number of fused-ring (bicyclic) bond motifs is 1. The highest BCUT2D eigenvalue weighted by Gasteiger charge is 2.07. The van der Waals surface area contributed by atoms with E-state index in [1.807, 2.05) is 60.1 Å². The molecule has 0 atom stereocenters. The fourth-order valence-electron chi connectivity index (χ4n) is 2.16. The molecule has 0 bridgehead atoms. The maximum Gasteiger partial charge on any atom is 0.251 e. The Hall–Kier alpha value is -1.89. The van der Waals surface area contributed by atoms with Crippen LogP contribution in [0.25, 0.3) is 5.65 Å². The molecule has 0 aliphatic carbocycles. The number of halogens is 1. The van der Waals surface area contributed by atoms with Crippen molar-refractivity contribution in [2.45, 2.75) is 13.5 Å². The molecule has 2 heterocycles. The molecule has 3 aromatic rings. The second-order valence-electron chi connectivity index (χ2n) is 4.84. The summed E-state index contributed by atoms with van der Waals surface area (Å²) >= 11 is 2.22. The molecule has 21 heavy (non-hydrogen) atoms. The van der Waals surface area contributed by atoms with Crippen molar-refractivity contribution >= 4 is 34.1 Å². The van der Waals surface area contributed by atoms with Gasteiger partial charge in [-0.1, -0.05) is 6.07 Å². The summed E-state index contributed by atoms with van der Waals surface area (Å²) in [6.07, 6.45) is 3.90. The van der Waals surface area contributed by atoms with Gasteiger partial charge < -0.3 is 9.72 Å². The summed E-state index contributed by atoms with van der Waals surface area (Å²) in [5.41, 5.74) is 3.56. The van der Waals surface area contributed by atoms with E-state index >= 15 is 0 Å². The average molecular weight is 391 g/mol. The summed E-state index contributed by atoms with van der Waals surface area (Å²) < 4.78 is 3.08. The molecule has 0 radical (unpaired) electrons. The minimum Gasteiger partial charge on any atom is -0.346 e. The molecule has 0 aliphatic rings. The molecule has 106 valence electrons. The number of rotatable bonds is 3. The van der Waals surface area contributed by atoms with E-state index in [2.05, 4.69) is 32.9 Å². The van der Waals surface area contributed by atoms with Crippen molar-refractivity contribution in [3.63, 3.8) is 0 Å². The van der Waals surface area contributed by atoms with Crippen molar-refractivity contribution < 1.29 is 4.79 Å². The van der Waals surface area contributed by atoms with Crippen LogP contribution in [0.5, 0.6) is 0 Å². The number of nitrogens with zero attached hydrogens (tertiary/aromatic N) is 2. The Bertz CT molecular complexity index is 793. The Morgan fingerprint density at radius 3 is 2.76 bits per heavy atom. The minimum atomic E-state index is -0.0832. The van der Waals surface area contributed by atoms with E-state index in [0.717, 1.165) is 20.5 Å². The monoisotopic (exact) mass is 391 g/mol. The van der Waals surface area contributed by atoms with Gasteiger partial charge in [-0.05, 0) is 65.4 Å². The molecule has 0 saturated heterocycles. The summed E-state index contributed by atoms with van der Waals surface area (Å²) in [5, 5.41) is 2.90. The lowest BCUT2D eigenvalue weighted by Gasteiger charge is -2.03. The van der Waals surface area contributed by atoms with Crippen LogP contribution in [0.2, 0.25) is 0 Å². The van der Waals surface area contributed by atoms with Gasteiger partial charge in [0.1, 0.15) is 5.65 Å². The predicted molar refractivity (Wildman–Crippen MR) is 90.3 cm³/mol. The van der Waals surface area contributed by atoms with E-state index in [1.54, 1.807) is 0 Å². The molecule has 0 spiro atoms. The number of carbonyl (C=O) groups excluding carboxylic acids is 1. The van der Waals surface area contributed by atoms with Crippen LogP contribution in [0.3, 0.4) is 0 Å². The van der Waals surface area contributed by atoms with Crippen LogP contribution in [0, 0.1) is 10.5 Å². The Morgan fingerprint density at radius 2 is 2.05 bits per heavy atom. The molecule has 1 aromatic carbocycles. The highest BCUT2D eigenvalue weighted by molar-refractivity contribution is 14.1. The SMILES string of the molecule is Cc1cccn2cc(CNC(=O)c3ccc(I)cc3)nc12. The van der Waals surface area contributed by atoms with Crippen molar-refractivity contribution in [2.24, 2.45) is 0 Å². The number of imidazole rings is 1. The van der Waals surface area contributed by atoms with E-state index < -0.39 is 0 Å². The van der Waals surface area contributed by atoms with Crippen molar-refractivity contribution in [3.8, 4) is 0 Å². The van der Waals surface area contributed by atoms with E-state index in [0.29, 0.717) is 12.1 Å². The molecule has 2 aromatic heterocycles. The third-order valence-corrected chi connectivity index (χ3v) is 3.98. The summed E-state index contributed by atoms with van der Waals surface area (Å²) in [6.45, 7) is 2.45. The first kappa shape index (κ1) is 14.1. The maximum absolute atomic E-state index is 12.1. The normalized spacial score (nSPS) is 10.8. The summed E-state index contributed by atoms with van der Waals surface area (Å²) in [5.74, 6) is -0.0832. The molecule has 1 amide bonds. The molecule has 0 saturated carbocycles. The number of pyridine rings is 1. The highest BCUT2D eigenvalue weighted by atomic mass is 127. The Morgan fingerprint density at radius 1 is 1.29 bits per heavy atom. The van der Waals surface area contributed by atoms with Gasteiger partial charge in [-0.15, -0.1) is 0 Å². The van der Waals surface area contributed by atoms with Gasteiger partial charge in [0.15, 0.2) is 0 Å². The van der Waals surface area contributed by atoms with Crippen LogP contribution < -0.4 is 5.32 Å². The van der Waals surface area contributed by atoms with E-state index in [4.69, 9.17) is 0 Å². The number of carbonyl (C=O) groups is 1. The summed E-state index contributed by atoms with van der Waals surface area (Å²) in [4.78, 5) is 16.6. The quantitative estimate of drug-likeness (QED) is 0.698. The second kappa shape index (κ2) is 5.85. The Labute approximate surface area is 136 Å². The fraction of sp³-hybridized carbons (Fsp3) is 0.125. The Kier molecular flexibility index (Phi) is 3.92. The number of aromatic nitrogens is 2. The largest absolute Gasteiger partial charge is 0.346 e. The number of hydrogen-bond acceptors (Lipinski definition) is 2. The van der Waals surface area contributed by atoms with Crippen molar-refractivity contribution in [2.75, 3.05) is 0 Å². The minimum absolute atomic E-state index is 0.0832. The maximum atomic E-state index is 12.1. The van der Waals surface area contributed by atoms with Crippen LogP contribution in [0.4, 0.5) is 0 Å². The first-order valence-corrected chi connectivity index (χ1v) is 7.68. The zero-order valence-electron chi connectivity index (χ0n) is 11.5. The lowest BCUT2D eigenvalue weighted by Crippen LogP contribution is -2.22. The van der Waals surface area contributed by atoms with Gasteiger partial charge in [0.2, 0.25) is 0 Å². The van der Waals surface area contributed by atoms with Gasteiger partial charge in [-0.2, -0.15) is 0 Å². The molecule has 1 N–H and O–H groups in total. The number of nitrogens with one attached hydrogen (secondary N) is 1. The van der Waals surface area contributed by atoms with Crippen molar-refractivity contribution in [1.29, 1.82) is 0 Å². The van der Waals surface area contributed by atoms with Gasteiger partial charge >= 0.3 is 0 Å². The zero-order chi connectivity index (χ0) is 14.8. The van der Waals surface area contributed by atoms with Crippen molar-refractivity contribution in [3.05, 3.63) is 69.2 Å².